The van der Waals surface area contributed by atoms with E-state index in [1.54, 1.807) is 12.1 Å². The monoisotopic (exact) mass is 256 g/mol. The minimum absolute atomic E-state index is 0.246. The minimum atomic E-state index is -0.246. The zero-order valence-electron chi connectivity index (χ0n) is 10.2. The van der Waals surface area contributed by atoms with E-state index in [0.29, 0.717) is 6.54 Å². The summed E-state index contributed by atoms with van der Waals surface area (Å²) in [5.41, 5.74) is 4.05. The van der Waals surface area contributed by atoms with Gasteiger partial charge in [0.2, 0.25) is 0 Å². The molecule has 2 heterocycles. The first kappa shape index (κ1) is 11.6. The zero-order valence-corrected chi connectivity index (χ0v) is 10.2. The van der Waals surface area contributed by atoms with Crippen molar-refractivity contribution in [2.45, 2.75) is 6.54 Å². The summed E-state index contributed by atoms with van der Waals surface area (Å²) in [5, 5.41) is 0. The lowest BCUT2D eigenvalue weighted by Crippen LogP contribution is -2.11. The molecular weight excluding hydrogens is 243 g/mol. The largest absolute Gasteiger partial charge is 0.459 e. The van der Waals surface area contributed by atoms with Crippen molar-refractivity contribution in [3.8, 4) is 11.3 Å². The van der Waals surface area contributed by atoms with Gasteiger partial charge in [-0.05, 0) is 48.5 Å². The van der Waals surface area contributed by atoms with E-state index in [2.05, 4.69) is 5.43 Å². The van der Waals surface area contributed by atoms with Crippen molar-refractivity contribution in [1.29, 1.82) is 0 Å². The highest BCUT2D eigenvalue weighted by Gasteiger charge is 2.04. The Kier molecular flexibility index (Phi) is 3.06. The van der Waals surface area contributed by atoms with Gasteiger partial charge in [0, 0.05) is 18.0 Å². The Labute approximate surface area is 110 Å². The summed E-state index contributed by atoms with van der Waals surface area (Å²) >= 11 is 0. The number of hydrogen-bond donors (Lipinski definition) is 1. The third-order valence-electron chi connectivity index (χ3n) is 2.83. The Morgan fingerprint density at radius 2 is 1.74 bits per heavy atom. The van der Waals surface area contributed by atoms with Gasteiger partial charge < -0.3 is 9.84 Å². The van der Waals surface area contributed by atoms with Crippen molar-refractivity contribution in [3.63, 3.8) is 0 Å². The molecule has 0 aliphatic heterocycles. The molecule has 0 spiro atoms. The van der Waals surface area contributed by atoms with E-state index in [4.69, 9.17) is 4.42 Å². The van der Waals surface area contributed by atoms with Crippen LogP contribution >= 0.6 is 0 Å². The molecule has 3 aromatic rings. The van der Waals surface area contributed by atoms with E-state index in [1.165, 1.54) is 12.1 Å². The number of nitrogens with zero attached hydrogens (tertiary/aromatic N) is 1. The summed E-state index contributed by atoms with van der Waals surface area (Å²) in [4.78, 5) is 0. The first-order valence-electron chi connectivity index (χ1n) is 6.03. The first-order valence-corrected chi connectivity index (χ1v) is 6.03. The van der Waals surface area contributed by atoms with Crippen LogP contribution in [0.3, 0.4) is 0 Å². The fraction of sp³-hybridized carbons (Fsp3) is 0.0667. The van der Waals surface area contributed by atoms with E-state index in [1.807, 2.05) is 41.3 Å². The summed E-state index contributed by atoms with van der Waals surface area (Å²) in [5.74, 6) is 1.32. The molecule has 3 rings (SSSR count). The second-order valence-electron chi connectivity index (χ2n) is 4.20. The molecule has 0 aliphatic carbocycles. The number of halogens is 1. The molecular formula is C15H13FN2O. The molecule has 96 valence electrons. The topological polar surface area (TPSA) is 30.1 Å². The molecule has 0 amide bonds. The Bertz CT molecular complexity index is 641. The van der Waals surface area contributed by atoms with Crippen LogP contribution in [0.1, 0.15) is 5.76 Å². The molecule has 3 nitrogen and oxygen atoms in total. The van der Waals surface area contributed by atoms with Gasteiger partial charge in [-0.15, -0.1) is 0 Å². The Morgan fingerprint density at radius 1 is 1.00 bits per heavy atom. The van der Waals surface area contributed by atoms with Crippen LogP contribution in [0.5, 0.6) is 0 Å². The number of nitrogens with one attached hydrogen (secondary N) is 1. The van der Waals surface area contributed by atoms with Crippen molar-refractivity contribution in [1.82, 2.24) is 4.68 Å². The molecule has 0 fully saturated rings. The van der Waals surface area contributed by atoms with E-state index in [0.717, 1.165) is 17.1 Å². The van der Waals surface area contributed by atoms with Crippen LogP contribution in [-0.4, -0.2) is 4.68 Å². The van der Waals surface area contributed by atoms with Crippen LogP contribution in [0.25, 0.3) is 11.3 Å². The maximum absolute atomic E-state index is 12.8. The zero-order chi connectivity index (χ0) is 13.1. The Balaban J connectivity index is 1.70. The molecule has 0 unspecified atom stereocenters. The minimum Gasteiger partial charge on any atom is -0.459 e. The molecule has 0 bridgehead atoms. The van der Waals surface area contributed by atoms with Crippen LogP contribution in [-0.2, 0) is 6.54 Å². The summed E-state index contributed by atoms with van der Waals surface area (Å²) in [7, 11) is 0. The van der Waals surface area contributed by atoms with Crippen molar-refractivity contribution < 1.29 is 8.81 Å². The third-order valence-corrected chi connectivity index (χ3v) is 2.83. The van der Waals surface area contributed by atoms with Crippen LogP contribution in [0.15, 0.2) is 65.3 Å². The van der Waals surface area contributed by atoms with Crippen molar-refractivity contribution in [2.24, 2.45) is 0 Å². The van der Waals surface area contributed by atoms with Crippen molar-refractivity contribution >= 4 is 0 Å². The lowest BCUT2D eigenvalue weighted by Gasteiger charge is -2.04. The lowest BCUT2D eigenvalue weighted by molar-refractivity contribution is 0.523. The van der Waals surface area contributed by atoms with Crippen molar-refractivity contribution in [2.75, 3.05) is 5.43 Å². The predicted octanol–water partition coefficient (Wildman–Crippen LogP) is 3.63. The number of rotatable bonds is 4. The maximum atomic E-state index is 12.8. The van der Waals surface area contributed by atoms with Gasteiger partial charge >= 0.3 is 0 Å². The second kappa shape index (κ2) is 5.02. The fourth-order valence-corrected chi connectivity index (χ4v) is 1.85. The molecule has 2 aromatic heterocycles. The molecule has 0 aliphatic rings. The van der Waals surface area contributed by atoms with Gasteiger partial charge in [-0.25, -0.2) is 4.39 Å². The third kappa shape index (κ3) is 2.68. The molecule has 19 heavy (non-hydrogen) atoms. The smallest absolute Gasteiger partial charge is 0.134 e. The maximum Gasteiger partial charge on any atom is 0.134 e. The summed E-state index contributed by atoms with van der Waals surface area (Å²) < 4.78 is 20.4. The first-order chi connectivity index (χ1) is 9.31. The SMILES string of the molecule is Fc1ccc(-c2ccc(CNn3cccc3)o2)cc1. The van der Waals surface area contributed by atoms with Crippen LogP contribution in [0, 0.1) is 5.82 Å². The summed E-state index contributed by atoms with van der Waals surface area (Å²) in [6, 6.07) is 14.0. The number of hydrogen-bond acceptors (Lipinski definition) is 2. The molecule has 0 saturated carbocycles. The Hall–Kier alpha value is -2.49. The van der Waals surface area contributed by atoms with Gasteiger partial charge in [-0.3, -0.25) is 4.68 Å². The average molecular weight is 256 g/mol. The molecule has 0 radical (unpaired) electrons. The van der Waals surface area contributed by atoms with E-state index >= 15 is 0 Å². The van der Waals surface area contributed by atoms with E-state index < -0.39 is 0 Å². The van der Waals surface area contributed by atoms with Gasteiger partial charge in [0.05, 0.1) is 6.54 Å². The van der Waals surface area contributed by atoms with Gasteiger partial charge in [-0.2, -0.15) is 0 Å². The highest BCUT2D eigenvalue weighted by molar-refractivity contribution is 5.57. The van der Waals surface area contributed by atoms with E-state index in [9.17, 15) is 4.39 Å². The van der Waals surface area contributed by atoms with Crippen LogP contribution in [0.4, 0.5) is 4.39 Å². The Morgan fingerprint density at radius 3 is 2.47 bits per heavy atom. The normalized spacial score (nSPS) is 10.6. The number of furan rings is 1. The highest BCUT2D eigenvalue weighted by Crippen LogP contribution is 2.22. The summed E-state index contributed by atoms with van der Waals surface area (Å²) in [6.07, 6.45) is 3.84. The molecule has 1 N–H and O–H groups in total. The lowest BCUT2D eigenvalue weighted by atomic mass is 10.2. The molecule has 0 saturated heterocycles. The van der Waals surface area contributed by atoms with Crippen LogP contribution in [0.2, 0.25) is 0 Å². The second-order valence-corrected chi connectivity index (χ2v) is 4.20. The fourth-order valence-electron chi connectivity index (χ4n) is 1.85. The number of benzene rings is 1. The predicted molar refractivity (Wildman–Crippen MR) is 71.6 cm³/mol. The molecule has 1 aromatic carbocycles. The standard InChI is InChI=1S/C15H13FN2O/c16-13-5-3-12(4-6-13)15-8-7-14(19-15)11-17-18-9-1-2-10-18/h1-10,17H,11H2. The molecule has 0 atom stereocenters. The highest BCUT2D eigenvalue weighted by atomic mass is 19.1. The van der Waals surface area contributed by atoms with Gasteiger partial charge in [0.15, 0.2) is 0 Å². The van der Waals surface area contributed by atoms with Gasteiger partial charge in [-0.1, -0.05) is 0 Å². The van der Waals surface area contributed by atoms with E-state index in [-0.39, 0.29) is 5.82 Å². The average Bonchev–Trinajstić information content (AvgIpc) is 3.09. The summed E-state index contributed by atoms with van der Waals surface area (Å²) in [6.45, 7) is 0.593. The number of aromatic nitrogens is 1. The molecule has 4 heteroatoms. The quantitative estimate of drug-likeness (QED) is 0.772. The van der Waals surface area contributed by atoms with Crippen molar-refractivity contribution in [3.05, 3.63) is 72.5 Å². The van der Waals surface area contributed by atoms with Gasteiger partial charge in [0.25, 0.3) is 0 Å². The van der Waals surface area contributed by atoms with Crippen LogP contribution < -0.4 is 5.43 Å². The van der Waals surface area contributed by atoms with Gasteiger partial charge in [0.1, 0.15) is 17.3 Å².